The molecule has 0 spiro atoms. The highest BCUT2D eigenvalue weighted by Crippen LogP contribution is 2.49. The summed E-state index contributed by atoms with van der Waals surface area (Å²) >= 11 is 0. The smallest absolute Gasteiger partial charge is 0.411 e. The molecule has 1 aliphatic heterocycles. The van der Waals surface area contributed by atoms with Crippen molar-refractivity contribution in [2.45, 2.75) is 64.5 Å². The zero-order chi connectivity index (χ0) is 16.6. The number of hydrogen-bond donors (Lipinski definition) is 0. The molecule has 3 aliphatic rings. The first-order valence-corrected chi connectivity index (χ1v) is 8.93. The fourth-order valence-corrected chi connectivity index (χ4v) is 4.43. The summed E-state index contributed by atoms with van der Waals surface area (Å²) in [5.74, 6) is 2.22. The molecule has 4 unspecified atom stereocenters. The van der Waals surface area contributed by atoms with Crippen LogP contribution in [0.15, 0.2) is 0 Å². The van der Waals surface area contributed by atoms with E-state index < -0.39 is 17.7 Å². The third-order valence-corrected chi connectivity index (χ3v) is 5.48. The Hall–Kier alpha value is -1.10. The van der Waals surface area contributed by atoms with Crippen molar-refractivity contribution in [1.82, 2.24) is 4.90 Å². The Morgan fingerprint density at radius 1 is 1.22 bits per heavy atom. The van der Waals surface area contributed by atoms with E-state index >= 15 is 0 Å². The van der Waals surface area contributed by atoms with Crippen molar-refractivity contribution in [3.63, 3.8) is 0 Å². The van der Waals surface area contributed by atoms with Crippen molar-refractivity contribution < 1.29 is 19.1 Å². The van der Waals surface area contributed by atoms with Crippen LogP contribution in [0, 0.1) is 17.8 Å². The van der Waals surface area contributed by atoms with Crippen LogP contribution in [0.3, 0.4) is 0 Å². The summed E-state index contributed by atoms with van der Waals surface area (Å²) in [5, 5.41) is 0. The standard InChI is InChI=1S/C18H29NO4/c1-18(2,3)23-17(21)19-6-7-22-11-15(19)16(20)10-14-9-12-4-5-13(14)8-12/h12-15H,4-11H2,1-3H3. The maximum Gasteiger partial charge on any atom is 0.411 e. The zero-order valence-electron chi connectivity index (χ0n) is 14.5. The summed E-state index contributed by atoms with van der Waals surface area (Å²) in [6, 6.07) is -0.474. The summed E-state index contributed by atoms with van der Waals surface area (Å²) in [5.41, 5.74) is -0.548. The largest absolute Gasteiger partial charge is 0.444 e. The van der Waals surface area contributed by atoms with Crippen LogP contribution in [0.25, 0.3) is 0 Å². The predicted octanol–water partition coefficient (Wildman–Crippen LogP) is 3.02. The number of Topliss-reactive ketones (excluding diaryl/α,β-unsaturated/α-hetero) is 1. The molecule has 2 aliphatic carbocycles. The van der Waals surface area contributed by atoms with Crippen LogP contribution in [0.5, 0.6) is 0 Å². The predicted molar refractivity (Wildman–Crippen MR) is 86.1 cm³/mol. The summed E-state index contributed by atoms with van der Waals surface area (Å²) in [7, 11) is 0. The number of carbonyl (C=O) groups excluding carboxylic acids is 2. The number of nitrogens with zero attached hydrogens (tertiary/aromatic N) is 1. The van der Waals surface area contributed by atoms with E-state index in [2.05, 4.69) is 0 Å². The number of morpholine rings is 1. The van der Waals surface area contributed by atoms with Crippen LogP contribution in [-0.4, -0.2) is 48.2 Å². The molecule has 1 saturated heterocycles. The van der Waals surface area contributed by atoms with Crippen LogP contribution in [0.1, 0.15) is 52.9 Å². The Kier molecular flexibility index (Phi) is 4.68. The number of carbonyl (C=O) groups is 2. The minimum absolute atomic E-state index is 0.146. The monoisotopic (exact) mass is 323 g/mol. The van der Waals surface area contributed by atoms with E-state index in [1.54, 1.807) is 4.90 Å². The average molecular weight is 323 g/mol. The van der Waals surface area contributed by atoms with Gasteiger partial charge in [-0.2, -0.15) is 0 Å². The van der Waals surface area contributed by atoms with Crippen molar-refractivity contribution in [2.24, 2.45) is 17.8 Å². The molecule has 3 rings (SSSR count). The molecule has 1 amide bonds. The lowest BCUT2D eigenvalue weighted by atomic mass is 9.84. The SMILES string of the molecule is CC(C)(C)OC(=O)N1CCOCC1C(=O)CC1CC2CCC1C2. The number of hydrogen-bond acceptors (Lipinski definition) is 4. The van der Waals surface area contributed by atoms with Gasteiger partial charge >= 0.3 is 6.09 Å². The molecule has 0 N–H and O–H groups in total. The van der Waals surface area contributed by atoms with Gasteiger partial charge in [0, 0.05) is 13.0 Å². The number of amides is 1. The van der Waals surface area contributed by atoms with Gasteiger partial charge in [0.05, 0.1) is 13.2 Å². The number of rotatable bonds is 3. The molecule has 0 radical (unpaired) electrons. The van der Waals surface area contributed by atoms with Crippen LogP contribution >= 0.6 is 0 Å². The van der Waals surface area contributed by atoms with Gasteiger partial charge in [-0.1, -0.05) is 6.42 Å². The van der Waals surface area contributed by atoms with Crippen LogP contribution in [-0.2, 0) is 14.3 Å². The Bertz CT molecular complexity index is 470. The van der Waals surface area contributed by atoms with Gasteiger partial charge in [0.1, 0.15) is 11.6 Å². The van der Waals surface area contributed by atoms with Crippen molar-refractivity contribution in [3.8, 4) is 0 Å². The number of ether oxygens (including phenoxy) is 2. The highest BCUT2D eigenvalue weighted by molar-refractivity contribution is 5.88. The molecular weight excluding hydrogens is 294 g/mol. The third kappa shape index (κ3) is 3.87. The Balaban J connectivity index is 1.61. The first kappa shape index (κ1) is 16.7. The summed E-state index contributed by atoms with van der Waals surface area (Å²) in [6.45, 7) is 6.74. The van der Waals surface area contributed by atoms with Gasteiger partial charge in [-0.15, -0.1) is 0 Å². The summed E-state index contributed by atoms with van der Waals surface area (Å²) in [6.07, 6.45) is 5.30. The Labute approximate surface area is 138 Å². The molecule has 2 saturated carbocycles. The summed E-state index contributed by atoms with van der Waals surface area (Å²) in [4.78, 5) is 26.7. The fourth-order valence-electron chi connectivity index (χ4n) is 4.43. The topological polar surface area (TPSA) is 55.8 Å². The van der Waals surface area contributed by atoms with Crippen molar-refractivity contribution >= 4 is 11.9 Å². The lowest BCUT2D eigenvalue weighted by molar-refractivity contribution is -0.131. The number of ketones is 1. The van der Waals surface area contributed by atoms with Gasteiger partial charge < -0.3 is 9.47 Å². The molecule has 0 aromatic rings. The van der Waals surface area contributed by atoms with Gasteiger partial charge in [-0.3, -0.25) is 9.69 Å². The van der Waals surface area contributed by atoms with Crippen molar-refractivity contribution in [2.75, 3.05) is 19.8 Å². The van der Waals surface area contributed by atoms with Crippen LogP contribution in [0.4, 0.5) is 4.79 Å². The van der Waals surface area contributed by atoms with Gasteiger partial charge in [0.2, 0.25) is 0 Å². The Morgan fingerprint density at radius 3 is 2.61 bits per heavy atom. The van der Waals surface area contributed by atoms with E-state index in [0.717, 1.165) is 11.8 Å². The average Bonchev–Trinajstić information content (AvgIpc) is 3.08. The molecule has 5 heteroatoms. The molecule has 3 fully saturated rings. The second-order valence-corrected chi connectivity index (χ2v) is 8.37. The Morgan fingerprint density at radius 2 is 2.00 bits per heavy atom. The van der Waals surface area contributed by atoms with Gasteiger partial charge in [-0.05, 0) is 57.8 Å². The molecule has 4 atom stereocenters. The van der Waals surface area contributed by atoms with E-state index in [0.29, 0.717) is 32.1 Å². The lowest BCUT2D eigenvalue weighted by Crippen LogP contribution is -2.54. The van der Waals surface area contributed by atoms with Crippen molar-refractivity contribution in [3.05, 3.63) is 0 Å². The lowest BCUT2D eigenvalue weighted by Gasteiger charge is -2.36. The van der Waals surface area contributed by atoms with Crippen molar-refractivity contribution in [1.29, 1.82) is 0 Å². The quantitative estimate of drug-likeness (QED) is 0.801. The molecule has 1 heterocycles. The minimum atomic E-state index is -0.548. The van der Waals surface area contributed by atoms with Crippen LogP contribution in [0.2, 0.25) is 0 Å². The van der Waals surface area contributed by atoms with E-state index in [1.807, 2.05) is 20.8 Å². The second kappa shape index (κ2) is 6.42. The first-order chi connectivity index (χ1) is 10.8. The molecular formula is C18H29NO4. The van der Waals surface area contributed by atoms with E-state index in [1.165, 1.54) is 25.7 Å². The van der Waals surface area contributed by atoms with E-state index in [4.69, 9.17) is 9.47 Å². The van der Waals surface area contributed by atoms with Gasteiger partial charge in [-0.25, -0.2) is 4.79 Å². The molecule has 0 aromatic heterocycles. The highest BCUT2D eigenvalue weighted by atomic mass is 16.6. The molecule has 130 valence electrons. The van der Waals surface area contributed by atoms with E-state index in [-0.39, 0.29) is 5.78 Å². The molecule has 0 aromatic carbocycles. The third-order valence-electron chi connectivity index (χ3n) is 5.48. The maximum atomic E-state index is 12.8. The minimum Gasteiger partial charge on any atom is -0.444 e. The normalized spacial score (nSPS) is 33.8. The second-order valence-electron chi connectivity index (χ2n) is 8.37. The maximum absolute atomic E-state index is 12.8. The van der Waals surface area contributed by atoms with Gasteiger partial charge in [0.15, 0.2) is 5.78 Å². The molecule has 5 nitrogen and oxygen atoms in total. The van der Waals surface area contributed by atoms with Gasteiger partial charge in [0.25, 0.3) is 0 Å². The highest BCUT2D eigenvalue weighted by Gasteiger charge is 2.42. The fraction of sp³-hybridized carbons (Fsp3) is 0.889. The van der Waals surface area contributed by atoms with E-state index in [9.17, 15) is 9.59 Å². The first-order valence-electron chi connectivity index (χ1n) is 8.93. The van der Waals surface area contributed by atoms with Crippen LogP contribution < -0.4 is 0 Å². The molecule has 23 heavy (non-hydrogen) atoms. The molecule has 2 bridgehead atoms. The summed E-state index contributed by atoms with van der Waals surface area (Å²) < 4.78 is 10.9. The zero-order valence-corrected chi connectivity index (χ0v) is 14.5. The number of fused-ring (bicyclic) bond motifs is 2.